The fourth-order valence-corrected chi connectivity index (χ4v) is 1.29. The van der Waals surface area contributed by atoms with Gasteiger partial charge in [-0.1, -0.05) is 0 Å². The van der Waals surface area contributed by atoms with E-state index >= 15 is 0 Å². The predicted molar refractivity (Wildman–Crippen MR) is 50.2 cm³/mol. The molecule has 0 aliphatic heterocycles. The van der Waals surface area contributed by atoms with Crippen molar-refractivity contribution in [3.8, 4) is 0 Å². The van der Waals surface area contributed by atoms with Crippen molar-refractivity contribution >= 4 is 17.0 Å². The molecule has 0 fully saturated rings. The number of aromatic amines is 1. The highest BCUT2D eigenvalue weighted by Gasteiger charge is 2.13. The zero-order chi connectivity index (χ0) is 10.3. The van der Waals surface area contributed by atoms with E-state index in [9.17, 15) is 0 Å². The van der Waals surface area contributed by atoms with E-state index in [0.29, 0.717) is 11.2 Å². The summed E-state index contributed by atoms with van der Waals surface area (Å²) in [6.07, 6.45) is -1.69. The van der Waals surface area contributed by atoms with Crippen molar-refractivity contribution in [2.75, 3.05) is 5.73 Å². The molecule has 0 aliphatic rings. The van der Waals surface area contributed by atoms with Crippen LogP contribution in [0.4, 0.5) is 5.82 Å². The molecule has 5 N–H and O–H groups in total. The van der Waals surface area contributed by atoms with E-state index < -0.39 is 6.29 Å². The highest BCUT2D eigenvalue weighted by molar-refractivity contribution is 5.73. The molecule has 0 saturated carbocycles. The Hall–Kier alpha value is -1.66. The van der Waals surface area contributed by atoms with Gasteiger partial charge in [0.15, 0.2) is 17.8 Å². The summed E-state index contributed by atoms with van der Waals surface area (Å²) in [5, 5.41) is 17.9. The average Bonchev–Trinajstić information content (AvgIpc) is 2.42. The van der Waals surface area contributed by atoms with Crippen molar-refractivity contribution < 1.29 is 10.2 Å². The minimum Gasteiger partial charge on any atom is -0.382 e. The molecular weight excluding hydrogens is 184 g/mol. The highest BCUT2D eigenvalue weighted by atomic mass is 16.5. The standard InChI is InChI=1S/C8H10N4O2/c1-3-2-4-7(10-3)12-6(9)5(11-4)8(13)14/h2,8,13-14H,1H3,(H3,9,10,12). The second-order valence-electron chi connectivity index (χ2n) is 3.05. The number of hydrogen-bond donors (Lipinski definition) is 4. The molecule has 0 amide bonds. The lowest BCUT2D eigenvalue weighted by Gasteiger charge is -2.04. The van der Waals surface area contributed by atoms with Gasteiger partial charge in [-0.15, -0.1) is 0 Å². The Morgan fingerprint density at radius 2 is 2.14 bits per heavy atom. The fourth-order valence-electron chi connectivity index (χ4n) is 1.29. The molecule has 0 bridgehead atoms. The van der Waals surface area contributed by atoms with Gasteiger partial charge in [0.05, 0.1) is 0 Å². The number of aliphatic hydroxyl groups is 2. The van der Waals surface area contributed by atoms with Crippen LogP contribution in [0.5, 0.6) is 0 Å². The summed E-state index contributed by atoms with van der Waals surface area (Å²) < 4.78 is 0. The van der Waals surface area contributed by atoms with Gasteiger partial charge >= 0.3 is 0 Å². The van der Waals surface area contributed by atoms with Crippen LogP contribution < -0.4 is 5.73 Å². The summed E-state index contributed by atoms with van der Waals surface area (Å²) >= 11 is 0. The largest absolute Gasteiger partial charge is 0.382 e. The van der Waals surface area contributed by atoms with E-state index in [-0.39, 0.29) is 11.5 Å². The zero-order valence-corrected chi connectivity index (χ0v) is 7.52. The van der Waals surface area contributed by atoms with Crippen molar-refractivity contribution in [2.45, 2.75) is 13.2 Å². The number of rotatable bonds is 1. The Morgan fingerprint density at radius 3 is 2.79 bits per heavy atom. The molecule has 6 heteroatoms. The van der Waals surface area contributed by atoms with E-state index in [1.165, 1.54) is 0 Å². The molecular formula is C8H10N4O2. The topological polar surface area (TPSA) is 108 Å². The molecule has 0 unspecified atom stereocenters. The highest BCUT2D eigenvalue weighted by Crippen LogP contribution is 2.18. The summed E-state index contributed by atoms with van der Waals surface area (Å²) in [5.41, 5.74) is 7.47. The molecule has 0 aliphatic carbocycles. The molecule has 2 heterocycles. The van der Waals surface area contributed by atoms with E-state index in [2.05, 4.69) is 15.0 Å². The quantitative estimate of drug-likeness (QED) is 0.471. The molecule has 0 aromatic carbocycles. The number of nitrogens with one attached hydrogen (secondary N) is 1. The van der Waals surface area contributed by atoms with Crippen molar-refractivity contribution in [3.63, 3.8) is 0 Å². The molecule has 2 aromatic rings. The van der Waals surface area contributed by atoms with Crippen molar-refractivity contribution in [1.82, 2.24) is 15.0 Å². The molecule has 0 spiro atoms. The normalized spacial score (nSPS) is 11.4. The maximum Gasteiger partial charge on any atom is 0.199 e. The lowest BCUT2D eigenvalue weighted by atomic mass is 10.3. The second kappa shape index (κ2) is 2.93. The molecule has 14 heavy (non-hydrogen) atoms. The first-order valence-corrected chi connectivity index (χ1v) is 4.07. The van der Waals surface area contributed by atoms with Crippen molar-refractivity contribution in [2.24, 2.45) is 0 Å². The van der Waals surface area contributed by atoms with Crippen molar-refractivity contribution in [3.05, 3.63) is 17.5 Å². The van der Waals surface area contributed by atoms with Crippen molar-refractivity contribution in [1.29, 1.82) is 0 Å². The summed E-state index contributed by atoms with van der Waals surface area (Å²) in [6, 6.07) is 1.76. The van der Waals surface area contributed by atoms with Gasteiger partial charge in [-0.05, 0) is 13.0 Å². The van der Waals surface area contributed by atoms with E-state index in [4.69, 9.17) is 15.9 Å². The van der Waals surface area contributed by atoms with E-state index in [0.717, 1.165) is 5.69 Å². The Kier molecular flexibility index (Phi) is 1.87. The Bertz CT molecular complexity index is 477. The first-order valence-electron chi connectivity index (χ1n) is 4.07. The number of hydrogen-bond acceptors (Lipinski definition) is 5. The number of nitrogens with two attached hydrogens (primary N) is 1. The number of anilines is 1. The van der Waals surface area contributed by atoms with Gasteiger partial charge in [0.1, 0.15) is 11.2 Å². The monoisotopic (exact) mass is 194 g/mol. The van der Waals surface area contributed by atoms with Crippen LogP contribution in [-0.2, 0) is 0 Å². The number of nitrogens with zero attached hydrogens (tertiary/aromatic N) is 2. The SMILES string of the molecule is Cc1cc2nc(C(O)O)c(N)nc2[nH]1. The van der Waals surface area contributed by atoms with Crippen LogP contribution in [0, 0.1) is 6.92 Å². The molecule has 74 valence electrons. The summed E-state index contributed by atoms with van der Waals surface area (Å²) in [5.74, 6) is 0.0225. The van der Waals surface area contributed by atoms with Gasteiger partial charge < -0.3 is 20.9 Å². The van der Waals surface area contributed by atoms with Gasteiger partial charge in [0.25, 0.3) is 0 Å². The third kappa shape index (κ3) is 1.30. The van der Waals surface area contributed by atoms with Crippen LogP contribution in [0.25, 0.3) is 11.2 Å². The molecule has 0 radical (unpaired) electrons. The Labute approximate surface area is 79.4 Å². The molecule has 0 saturated heterocycles. The number of aryl methyl sites for hydroxylation is 1. The predicted octanol–water partition coefficient (Wildman–Crippen LogP) is -0.168. The van der Waals surface area contributed by atoms with Crippen LogP contribution >= 0.6 is 0 Å². The number of aliphatic hydroxyl groups excluding tert-OH is 1. The first-order chi connectivity index (χ1) is 6.58. The maximum atomic E-state index is 8.93. The zero-order valence-electron chi connectivity index (χ0n) is 7.52. The van der Waals surface area contributed by atoms with E-state index in [1.54, 1.807) is 6.07 Å². The molecule has 0 atom stereocenters. The molecule has 2 rings (SSSR count). The number of fused-ring (bicyclic) bond motifs is 1. The number of nitrogen functional groups attached to an aromatic ring is 1. The van der Waals surface area contributed by atoms with Gasteiger partial charge in [-0.25, -0.2) is 9.97 Å². The van der Waals surface area contributed by atoms with Crippen LogP contribution in [0.15, 0.2) is 6.07 Å². The minimum absolute atomic E-state index is 0.0171. The summed E-state index contributed by atoms with van der Waals surface area (Å²) in [7, 11) is 0. The van der Waals surface area contributed by atoms with Crippen LogP contribution in [-0.4, -0.2) is 25.2 Å². The third-order valence-corrected chi connectivity index (χ3v) is 1.89. The molecule has 6 nitrogen and oxygen atoms in total. The average molecular weight is 194 g/mol. The van der Waals surface area contributed by atoms with Gasteiger partial charge in [0, 0.05) is 5.69 Å². The fraction of sp³-hybridized carbons (Fsp3) is 0.250. The minimum atomic E-state index is -1.69. The third-order valence-electron chi connectivity index (χ3n) is 1.89. The number of H-pyrrole nitrogens is 1. The van der Waals surface area contributed by atoms with Crippen LogP contribution in [0.3, 0.4) is 0 Å². The Balaban J connectivity index is 2.70. The van der Waals surface area contributed by atoms with Crippen LogP contribution in [0.2, 0.25) is 0 Å². The Morgan fingerprint density at radius 1 is 1.43 bits per heavy atom. The lowest BCUT2D eigenvalue weighted by Crippen LogP contribution is -2.06. The van der Waals surface area contributed by atoms with E-state index in [1.807, 2.05) is 6.92 Å². The smallest absolute Gasteiger partial charge is 0.199 e. The second-order valence-corrected chi connectivity index (χ2v) is 3.05. The maximum absolute atomic E-state index is 8.93. The lowest BCUT2D eigenvalue weighted by molar-refractivity contribution is -0.0451. The summed E-state index contributed by atoms with van der Waals surface area (Å²) in [4.78, 5) is 10.9. The van der Waals surface area contributed by atoms with Gasteiger partial charge in [0.2, 0.25) is 0 Å². The molecule has 2 aromatic heterocycles. The summed E-state index contributed by atoms with van der Waals surface area (Å²) in [6.45, 7) is 1.86. The van der Waals surface area contributed by atoms with Gasteiger partial charge in [-0.3, -0.25) is 0 Å². The van der Waals surface area contributed by atoms with Gasteiger partial charge in [-0.2, -0.15) is 0 Å². The first kappa shape index (κ1) is 8.92. The van der Waals surface area contributed by atoms with Crippen LogP contribution in [0.1, 0.15) is 17.7 Å². The number of aromatic nitrogens is 3.